The Morgan fingerprint density at radius 1 is 1.48 bits per heavy atom. The fourth-order valence-corrected chi connectivity index (χ4v) is 4.33. The van der Waals surface area contributed by atoms with Crippen molar-refractivity contribution in [3.63, 3.8) is 0 Å². The molecule has 2 aliphatic rings. The minimum atomic E-state index is 0.241. The Morgan fingerprint density at radius 3 is 2.95 bits per heavy atom. The molecule has 0 spiro atoms. The molecule has 21 heavy (non-hydrogen) atoms. The van der Waals surface area contributed by atoms with Crippen molar-refractivity contribution in [2.45, 2.75) is 52.0 Å². The van der Waals surface area contributed by atoms with Gasteiger partial charge in [-0.2, -0.15) is 5.10 Å². The van der Waals surface area contributed by atoms with E-state index in [0.29, 0.717) is 5.92 Å². The Labute approximate surface area is 134 Å². The predicted octanol–water partition coefficient (Wildman–Crippen LogP) is 3.29. The Bertz CT molecular complexity index is 494. The van der Waals surface area contributed by atoms with E-state index in [4.69, 9.17) is 0 Å². The van der Waals surface area contributed by atoms with Crippen molar-refractivity contribution in [1.82, 2.24) is 15.1 Å². The number of rotatable bonds is 6. The summed E-state index contributed by atoms with van der Waals surface area (Å²) >= 11 is 3.46. The van der Waals surface area contributed by atoms with Crippen molar-refractivity contribution >= 4 is 21.8 Å². The van der Waals surface area contributed by atoms with Crippen LogP contribution in [-0.2, 0) is 11.3 Å². The van der Waals surface area contributed by atoms with E-state index >= 15 is 0 Å². The number of amides is 1. The van der Waals surface area contributed by atoms with Crippen LogP contribution in [-0.4, -0.2) is 22.2 Å². The molecule has 0 saturated heterocycles. The number of halogens is 1. The largest absolute Gasteiger partial charge is 0.356 e. The van der Waals surface area contributed by atoms with E-state index in [-0.39, 0.29) is 5.91 Å². The number of aryl methyl sites for hydroxylation is 2. The molecule has 1 heterocycles. The van der Waals surface area contributed by atoms with Gasteiger partial charge in [0.1, 0.15) is 0 Å². The highest BCUT2D eigenvalue weighted by Gasteiger charge is 2.39. The van der Waals surface area contributed by atoms with E-state index in [1.165, 1.54) is 25.7 Å². The van der Waals surface area contributed by atoms with Gasteiger partial charge in [0.15, 0.2) is 0 Å². The van der Waals surface area contributed by atoms with Crippen LogP contribution in [0.4, 0.5) is 0 Å². The van der Waals surface area contributed by atoms with Crippen LogP contribution in [0.15, 0.2) is 10.7 Å². The maximum absolute atomic E-state index is 12.0. The first-order valence-electron chi connectivity index (χ1n) is 8.08. The molecule has 3 atom stereocenters. The van der Waals surface area contributed by atoms with Crippen LogP contribution >= 0.6 is 15.9 Å². The second kappa shape index (κ2) is 6.51. The lowest BCUT2D eigenvalue weighted by atomic mass is 9.86. The molecule has 2 fully saturated rings. The molecule has 3 rings (SSSR count). The molecule has 0 aromatic carbocycles. The third-order valence-electron chi connectivity index (χ3n) is 5.10. The van der Waals surface area contributed by atoms with Crippen LogP contribution in [0.1, 0.15) is 44.2 Å². The molecule has 4 nitrogen and oxygen atoms in total. The lowest BCUT2D eigenvalue weighted by molar-refractivity contribution is -0.122. The lowest BCUT2D eigenvalue weighted by Crippen LogP contribution is -2.28. The maximum Gasteiger partial charge on any atom is 0.220 e. The molecule has 1 N–H and O–H groups in total. The number of aromatic nitrogens is 2. The maximum atomic E-state index is 12.0. The van der Waals surface area contributed by atoms with E-state index in [0.717, 1.165) is 47.9 Å². The zero-order valence-electron chi connectivity index (χ0n) is 12.6. The molecule has 2 bridgehead atoms. The number of fused-ring (bicyclic) bond motifs is 2. The molecule has 5 heteroatoms. The standard InChI is InChI=1S/C16H24BrN3O/c1-11-15(17)10-20(19-11)6-2-5-18-16(21)9-14-8-12-3-4-13(14)7-12/h10,12-14H,2-9H2,1H3,(H,18,21). The Kier molecular flexibility index (Phi) is 4.67. The quantitative estimate of drug-likeness (QED) is 0.797. The van der Waals surface area contributed by atoms with Crippen molar-refractivity contribution in [3.05, 3.63) is 16.4 Å². The molecule has 2 aliphatic carbocycles. The van der Waals surface area contributed by atoms with E-state index in [9.17, 15) is 4.79 Å². The van der Waals surface area contributed by atoms with Gasteiger partial charge < -0.3 is 5.32 Å². The summed E-state index contributed by atoms with van der Waals surface area (Å²) in [7, 11) is 0. The summed E-state index contributed by atoms with van der Waals surface area (Å²) in [6.07, 6.45) is 9.10. The number of carbonyl (C=O) groups excluding carboxylic acids is 1. The first-order valence-corrected chi connectivity index (χ1v) is 8.87. The first-order chi connectivity index (χ1) is 10.1. The third kappa shape index (κ3) is 3.68. The Hall–Kier alpha value is -0.840. The fraction of sp³-hybridized carbons (Fsp3) is 0.750. The summed E-state index contributed by atoms with van der Waals surface area (Å²) in [5, 5.41) is 7.46. The average Bonchev–Trinajstić information content (AvgIpc) is 3.12. The second-order valence-electron chi connectivity index (χ2n) is 6.67. The van der Waals surface area contributed by atoms with Crippen molar-refractivity contribution < 1.29 is 4.79 Å². The molecule has 116 valence electrons. The molecule has 3 unspecified atom stereocenters. The number of nitrogens with zero attached hydrogens (tertiary/aromatic N) is 2. The highest BCUT2D eigenvalue weighted by atomic mass is 79.9. The zero-order chi connectivity index (χ0) is 14.8. The highest BCUT2D eigenvalue weighted by molar-refractivity contribution is 9.10. The zero-order valence-corrected chi connectivity index (χ0v) is 14.2. The van der Waals surface area contributed by atoms with Gasteiger partial charge >= 0.3 is 0 Å². The summed E-state index contributed by atoms with van der Waals surface area (Å²) < 4.78 is 2.98. The number of hydrogen-bond acceptors (Lipinski definition) is 2. The van der Waals surface area contributed by atoms with Crippen LogP contribution in [0.5, 0.6) is 0 Å². The predicted molar refractivity (Wildman–Crippen MR) is 85.8 cm³/mol. The molecule has 0 radical (unpaired) electrons. The van der Waals surface area contributed by atoms with Gasteiger partial charge in [0.05, 0.1) is 10.2 Å². The minimum absolute atomic E-state index is 0.241. The van der Waals surface area contributed by atoms with Crippen LogP contribution < -0.4 is 5.32 Å². The van der Waals surface area contributed by atoms with Gasteiger partial charge in [0.25, 0.3) is 0 Å². The van der Waals surface area contributed by atoms with Gasteiger partial charge in [-0.1, -0.05) is 6.42 Å². The van der Waals surface area contributed by atoms with Crippen molar-refractivity contribution in [2.24, 2.45) is 17.8 Å². The molecule has 1 aromatic heterocycles. The Morgan fingerprint density at radius 2 is 2.33 bits per heavy atom. The minimum Gasteiger partial charge on any atom is -0.356 e. The summed E-state index contributed by atoms with van der Waals surface area (Å²) in [6.45, 7) is 3.58. The highest BCUT2D eigenvalue weighted by Crippen LogP contribution is 2.49. The second-order valence-corrected chi connectivity index (χ2v) is 7.52. The number of hydrogen-bond donors (Lipinski definition) is 1. The van der Waals surface area contributed by atoms with E-state index < -0.39 is 0 Å². The van der Waals surface area contributed by atoms with Gasteiger partial charge in [-0.05, 0) is 66.3 Å². The third-order valence-corrected chi connectivity index (χ3v) is 5.88. The summed E-state index contributed by atoms with van der Waals surface area (Å²) in [6, 6.07) is 0. The molecule has 1 aromatic rings. The van der Waals surface area contributed by atoms with E-state index in [1.807, 2.05) is 17.8 Å². The molecule has 0 aliphatic heterocycles. The molecule has 2 saturated carbocycles. The first kappa shape index (κ1) is 15.1. The molecular formula is C16H24BrN3O. The van der Waals surface area contributed by atoms with Crippen LogP contribution in [0.3, 0.4) is 0 Å². The normalized spacial score (nSPS) is 27.2. The van der Waals surface area contributed by atoms with Crippen LogP contribution in [0.2, 0.25) is 0 Å². The van der Waals surface area contributed by atoms with Crippen molar-refractivity contribution in [2.75, 3.05) is 6.54 Å². The smallest absolute Gasteiger partial charge is 0.220 e. The van der Waals surface area contributed by atoms with Crippen molar-refractivity contribution in [1.29, 1.82) is 0 Å². The van der Waals surface area contributed by atoms with Gasteiger partial charge in [-0.15, -0.1) is 0 Å². The summed E-state index contributed by atoms with van der Waals surface area (Å²) in [5.41, 5.74) is 1.01. The van der Waals surface area contributed by atoms with E-state index in [2.05, 4.69) is 26.3 Å². The lowest BCUT2D eigenvalue weighted by Gasteiger charge is -2.20. The SMILES string of the molecule is Cc1nn(CCCNC(=O)CC2CC3CCC2C3)cc1Br. The van der Waals surface area contributed by atoms with Gasteiger partial charge in [0, 0.05) is 25.7 Å². The Balaban J connectivity index is 1.33. The average molecular weight is 354 g/mol. The summed E-state index contributed by atoms with van der Waals surface area (Å²) in [4.78, 5) is 12.0. The van der Waals surface area contributed by atoms with Crippen molar-refractivity contribution in [3.8, 4) is 0 Å². The fourth-order valence-electron chi connectivity index (χ4n) is 4.01. The number of carbonyl (C=O) groups is 1. The van der Waals surface area contributed by atoms with Crippen LogP contribution in [0.25, 0.3) is 0 Å². The van der Waals surface area contributed by atoms with Gasteiger partial charge in [-0.3, -0.25) is 9.48 Å². The monoisotopic (exact) mass is 353 g/mol. The molecular weight excluding hydrogens is 330 g/mol. The number of nitrogens with one attached hydrogen (secondary N) is 1. The van der Waals surface area contributed by atoms with Crippen LogP contribution in [0, 0.1) is 24.7 Å². The van der Waals surface area contributed by atoms with Gasteiger partial charge in [-0.25, -0.2) is 0 Å². The van der Waals surface area contributed by atoms with Gasteiger partial charge in [0.2, 0.25) is 5.91 Å². The molecule has 1 amide bonds. The summed E-state index contributed by atoms with van der Waals surface area (Å²) in [5.74, 6) is 2.67. The van der Waals surface area contributed by atoms with E-state index in [1.54, 1.807) is 0 Å². The topological polar surface area (TPSA) is 46.9 Å².